The van der Waals surface area contributed by atoms with Crippen molar-refractivity contribution >= 4 is 0 Å². The highest BCUT2D eigenvalue weighted by molar-refractivity contribution is 4.85. The molecule has 5 heteroatoms. The fourth-order valence-electron chi connectivity index (χ4n) is 2.05. The fourth-order valence-corrected chi connectivity index (χ4v) is 2.05. The summed E-state index contributed by atoms with van der Waals surface area (Å²) in [5.41, 5.74) is 0. The number of rotatable bonds is 4. The van der Waals surface area contributed by atoms with Crippen molar-refractivity contribution in [2.45, 2.75) is 25.4 Å². The second kappa shape index (κ2) is 4.72. The van der Waals surface area contributed by atoms with E-state index in [0.717, 1.165) is 18.9 Å². The van der Waals surface area contributed by atoms with E-state index in [-0.39, 0.29) is 0 Å². The molecule has 0 aromatic carbocycles. The highest BCUT2D eigenvalue weighted by Crippen LogP contribution is 2.13. The van der Waals surface area contributed by atoms with Gasteiger partial charge in [-0.1, -0.05) is 0 Å². The Morgan fingerprint density at radius 2 is 2.40 bits per heavy atom. The zero-order chi connectivity index (χ0) is 10.7. The summed E-state index contributed by atoms with van der Waals surface area (Å²) in [6.07, 6.45) is 4.37. The van der Waals surface area contributed by atoms with Gasteiger partial charge in [-0.3, -0.25) is 0 Å². The van der Waals surface area contributed by atoms with Crippen LogP contribution in [0.3, 0.4) is 0 Å². The van der Waals surface area contributed by atoms with E-state index in [4.69, 9.17) is 0 Å². The van der Waals surface area contributed by atoms with Crippen molar-refractivity contribution in [3.05, 3.63) is 12.2 Å². The summed E-state index contributed by atoms with van der Waals surface area (Å²) in [5.74, 6) is 0.996. The molecule has 1 fully saturated rings. The highest BCUT2D eigenvalue weighted by Gasteiger charge is 2.19. The molecule has 1 aliphatic heterocycles. The molecule has 84 valence electrons. The van der Waals surface area contributed by atoms with Crippen molar-refractivity contribution in [2.24, 2.45) is 7.05 Å². The van der Waals surface area contributed by atoms with E-state index in [1.807, 2.05) is 11.6 Å². The molecule has 0 aliphatic carbocycles. The maximum absolute atomic E-state index is 4.04. The molecule has 0 spiro atoms. The molecule has 0 amide bonds. The number of hydrogen-bond donors (Lipinski definition) is 1. The zero-order valence-corrected chi connectivity index (χ0v) is 9.48. The number of hydrogen-bond acceptors (Lipinski definition) is 4. The van der Waals surface area contributed by atoms with E-state index in [1.54, 1.807) is 6.33 Å². The Bertz CT molecular complexity index is 309. The molecule has 1 saturated heterocycles. The van der Waals surface area contributed by atoms with E-state index in [9.17, 15) is 0 Å². The Balaban J connectivity index is 1.73. The molecule has 1 atom stereocenters. The second-order valence-corrected chi connectivity index (χ2v) is 4.27. The van der Waals surface area contributed by atoms with Crippen LogP contribution in [0, 0.1) is 0 Å². The zero-order valence-electron chi connectivity index (χ0n) is 9.48. The van der Waals surface area contributed by atoms with E-state index < -0.39 is 0 Å². The summed E-state index contributed by atoms with van der Waals surface area (Å²) < 4.78 is 1.95. The van der Waals surface area contributed by atoms with Gasteiger partial charge in [0.05, 0.1) is 6.54 Å². The molecule has 0 bridgehead atoms. The van der Waals surface area contributed by atoms with Gasteiger partial charge in [0.1, 0.15) is 12.2 Å². The largest absolute Gasteiger partial charge is 0.320 e. The maximum atomic E-state index is 4.04. The lowest BCUT2D eigenvalue weighted by atomic mass is 10.2. The average Bonchev–Trinajstić information content (AvgIpc) is 2.78. The first kappa shape index (κ1) is 10.6. The highest BCUT2D eigenvalue weighted by atomic mass is 15.3. The first-order valence-corrected chi connectivity index (χ1v) is 5.51. The van der Waals surface area contributed by atoms with Crippen LogP contribution in [0.1, 0.15) is 18.7 Å². The SMILES string of the molecule is CN1CCCC1CNCc1nncn1C. The Hall–Kier alpha value is -0.940. The third-order valence-electron chi connectivity index (χ3n) is 3.14. The van der Waals surface area contributed by atoms with Crippen molar-refractivity contribution in [3.8, 4) is 0 Å². The normalized spacial score (nSPS) is 22.4. The molecule has 5 nitrogen and oxygen atoms in total. The fraction of sp³-hybridized carbons (Fsp3) is 0.800. The van der Waals surface area contributed by atoms with Crippen molar-refractivity contribution in [2.75, 3.05) is 20.1 Å². The minimum Gasteiger partial charge on any atom is -0.320 e. The summed E-state index contributed by atoms with van der Waals surface area (Å²) in [7, 11) is 4.17. The maximum Gasteiger partial charge on any atom is 0.146 e. The van der Waals surface area contributed by atoms with Crippen LogP contribution in [0.25, 0.3) is 0 Å². The number of aryl methyl sites for hydroxylation is 1. The smallest absolute Gasteiger partial charge is 0.146 e. The van der Waals surface area contributed by atoms with Gasteiger partial charge in [-0.25, -0.2) is 0 Å². The molecule has 0 radical (unpaired) electrons. The summed E-state index contributed by atoms with van der Waals surface area (Å²) in [6, 6.07) is 0.693. The lowest BCUT2D eigenvalue weighted by Crippen LogP contribution is -2.35. The van der Waals surface area contributed by atoms with Crippen molar-refractivity contribution in [3.63, 3.8) is 0 Å². The quantitative estimate of drug-likeness (QED) is 0.758. The van der Waals surface area contributed by atoms with Gasteiger partial charge in [0.2, 0.25) is 0 Å². The molecule has 0 saturated carbocycles. The van der Waals surface area contributed by atoms with Gasteiger partial charge in [-0.05, 0) is 26.4 Å². The van der Waals surface area contributed by atoms with Crippen LogP contribution >= 0.6 is 0 Å². The van der Waals surface area contributed by atoms with Crippen molar-refractivity contribution in [1.82, 2.24) is 25.0 Å². The molecule has 2 heterocycles. The monoisotopic (exact) mass is 209 g/mol. The van der Waals surface area contributed by atoms with Crippen LogP contribution in [0.4, 0.5) is 0 Å². The van der Waals surface area contributed by atoms with E-state index in [2.05, 4.69) is 27.5 Å². The van der Waals surface area contributed by atoms with Crippen molar-refractivity contribution < 1.29 is 0 Å². The third kappa shape index (κ3) is 2.54. The Morgan fingerprint density at radius 3 is 3.00 bits per heavy atom. The molecule has 15 heavy (non-hydrogen) atoms. The molecule has 1 aliphatic rings. The first-order chi connectivity index (χ1) is 7.27. The number of likely N-dealkylation sites (N-methyl/N-ethyl adjacent to an activating group) is 1. The van der Waals surface area contributed by atoms with E-state index >= 15 is 0 Å². The van der Waals surface area contributed by atoms with Crippen LogP contribution in [0.5, 0.6) is 0 Å². The van der Waals surface area contributed by atoms with Crippen LogP contribution in [-0.4, -0.2) is 45.8 Å². The lowest BCUT2D eigenvalue weighted by Gasteiger charge is -2.19. The number of likely N-dealkylation sites (tertiary alicyclic amines) is 1. The lowest BCUT2D eigenvalue weighted by molar-refractivity contribution is 0.299. The predicted octanol–water partition coefficient (Wildman–Crippen LogP) is -0.00110. The standard InChI is InChI=1S/C10H19N5/c1-14-5-3-4-9(14)6-11-7-10-13-12-8-15(10)2/h8-9,11H,3-7H2,1-2H3. The molecule has 1 N–H and O–H groups in total. The molecule has 2 rings (SSSR count). The summed E-state index contributed by atoms with van der Waals surface area (Å²) in [4.78, 5) is 2.42. The minimum atomic E-state index is 0.693. The van der Waals surface area contributed by atoms with Crippen molar-refractivity contribution in [1.29, 1.82) is 0 Å². The molecular weight excluding hydrogens is 190 g/mol. The molecular formula is C10H19N5. The van der Waals surface area contributed by atoms with E-state index in [0.29, 0.717) is 6.04 Å². The van der Waals surface area contributed by atoms with Gasteiger partial charge >= 0.3 is 0 Å². The van der Waals surface area contributed by atoms with Gasteiger partial charge in [0.25, 0.3) is 0 Å². The summed E-state index contributed by atoms with van der Waals surface area (Å²) >= 11 is 0. The topological polar surface area (TPSA) is 46.0 Å². The molecule has 1 aromatic rings. The van der Waals surface area contributed by atoms with E-state index in [1.165, 1.54) is 19.4 Å². The van der Waals surface area contributed by atoms with Crippen LogP contribution in [-0.2, 0) is 13.6 Å². The second-order valence-electron chi connectivity index (χ2n) is 4.27. The van der Waals surface area contributed by atoms with Gasteiger partial charge in [0, 0.05) is 19.6 Å². The van der Waals surface area contributed by atoms with Gasteiger partial charge in [0.15, 0.2) is 0 Å². The Morgan fingerprint density at radius 1 is 1.53 bits per heavy atom. The average molecular weight is 209 g/mol. The van der Waals surface area contributed by atoms with Gasteiger partial charge in [-0.2, -0.15) is 0 Å². The first-order valence-electron chi connectivity index (χ1n) is 5.51. The Kier molecular flexibility index (Phi) is 3.33. The van der Waals surface area contributed by atoms with Crippen LogP contribution in [0.2, 0.25) is 0 Å². The number of aromatic nitrogens is 3. The third-order valence-corrected chi connectivity index (χ3v) is 3.14. The molecule has 1 aromatic heterocycles. The predicted molar refractivity (Wildman–Crippen MR) is 58.4 cm³/mol. The number of nitrogens with one attached hydrogen (secondary N) is 1. The Labute approximate surface area is 90.5 Å². The van der Waals surface area contributed by atoms with Crippen LogP contribution in [0.15, 0.2) is 6.33 Å². The van der Waals surface area contributed by atoms with Gasteiger partial charge < -0.3 is 14.8 Å². The molecule has 1 unspecified atom stereocenters. The summed E-state index contributed by atoms with van der Waals surface area (Å²) in [5, 5.41) is 11.3. The number of nitrogens with zero attached hydrogens (tertiary/aromatic N) is 4. The van der Waals surface area contributed by atoms with Crippen LogP contribution < -0.4 is 5.32 Å². The minimum absolute atomic E-state index is 0.693. The summed E-state index contributed by atoms with van der Waals surface area (Å²) in [6.45, 7) is 3.08. The van der Waals surface area contributed by atoms with Gasteiger partial charge in [-0.15, -0.1) is 10.2 Å².